The Hall–Kier alpha value is -3.27. The van der Waals surface area contributed by atoms with Gasteiger partial charge in [0.1, 0.15) is 0 Å². The number of nitrogens with one attached hydrogen (secondary N) is 1. The largest absolute Gasteiger partial charge is 0.378 e. The van der Waals surface area contributed by atoms with Crippen molar-refractivity contribution in [3.05, 3.63) is 78.4 Å². The summed E-state index contributed by atoms with van der Waals surface area (Å²) >= 11 is 0. The van der Waals surface area contributed by atoms with E-state index < -0.39 is 0 Å². The van der Waals surface area contributed by atoms with Gasteiger partial charge in [0.15, 0.2) is 0 Å². The Labute approximate surface area is 197 Å². The molecule has 1 saturated heterocycles. The molecule has 33 heavy (non-hydrogen) atoms. The molecule has 170 valence electrons. The Balaban J connectivity index is 1.52. The van der Waals surface area contributed by atoms with Crippen LogP contribution in [-0.4, -0.2) is 25.0 Å². The summed E-state index contributed by atoms with van der Waals surface area (Å²) in [5, 5.41) is 3.72. The molecule has 2 aliphatic rings. The van der Waals surface area contributed by atoms with E-state index in [1.54, 1.807) is 6.92 Å². The Morgan fingerprint density at radius 2 is 1.64 bits per heavy atom. The second-order valence-corrected chi connectivity index (χ2v) is 9.41. The van der Waals surface area contributed by atoms with Crippen molar-refractivity contribution in [2.24, 2.45) is 0 Å². The molecule has 2 atom stereocenters. The molecule has 0 unspecified atom stereocenters. The lowest BCUT2D eigenvalue weighted by Gasteiger charge is -2.39. The highest BCUT2D eigenvalue weighted by Crippen LogP contribution is 2.41. The molecular weight excluding hydrogens is 406 g/mol. The highest BCUT2D eigenvalue weighted by atomic mass is 16.2. The number of nitrogens with zero attached hydrogens (tertiary/aromatic N) is 2. The Morgan fingerprint density at radius 3 is 2.39 bits per heavy atom. The number of benzene rings is 3. The molecule has 0 radical (unpaired) electrons. The van der Waals surface area contributed by atoms with Crippen molar-refractivity contribution in [1.29, 1.82) is 0 Å². The first-order chi connectivity index (χ1) is 16.1. The lowest BCUT2D eigenvalue weighted by atomic mass is 9.88. The molecule has 3 aromatic rings. The number of rotatable bonds is 4. The topological polar surface area (TPSA) is 35.6 Å². The maximum Gasteiger partial charge on any atom is 0.224 e. The molecular formula is C29H33N3O. The van der Waals surface area contributed by atoms with Crippen LogP contribution in [0.25, 0.3) is 11.1 Å². The van der Waals surface area contributed by atoms with E-state index in [4.69, 9.17) is 0 Å². The van der Waals surface area contributed by atoms with Crippen LogP contribution in [0.1, 0.15) is 51.1 Å². The summed E-state index contributed by atoms with van der Waals surface area (Å²) in [7, 11) is 0. The third-order valence-corrected chi connectivity index (χ3v) is 7.03. The summed E-state index contributed by atoms with van der Waals surface area (Å²) in [5.41, 5.74) is 7.05. The van der Waals surface area contributed by atoms with Crippen LogP contribution in [0.2, 0.25) is 0 Å². The first-order valence-electron chi connectivity index (χ1n) is 12.2. The molecule has 0 spiro atoms. The van der Waals surface area contributed by atoms with Crippen LogP contribution in [-0.2, 0) is 4.79 Å². The van der Waals surface area contributed by atoms with Gasteiger partial charge in [-0.15, -0.1) is 0 Å². The highest BCUT2D eigenvalue weighted by molar-refractivity contribution is 5.94. The van der Waals surface area contributed by atoms with Crippen molar-refractivity contribution < 1.29 is 4.79 Å². The number of anilines is 3. The second-order valence-electron chi connectivity index (χ2n) is 9.41. The van der Waals surface area contributed by atoms with E-state index in [-0.39, 0.29) is 18.0 Å². The van der Waals surface area contributed by atoms with Crippen molar-refractivity contribution in [2.75, 3.05) is 28.2 Å². The van der Waals surface area contributed by atoms with Crippen molar-refractivity contribution in [3.63, 3.8) is 0 Å². The zero-order chi connectivity index (χ0) is 22.8. The SMILES string of the molecule is CC(=O)N1c2ccc(-c3cccc(N4CCCCC4)c3)cc2[C@@H](Nc2ccccc2)C[C@H]1C. The van der Waals surface area contributed by atoms with Crippen molar-refractivity contribution in [1.82, 2.24) is 0 Å². The third kappa shape index (κ3) is 4.47. The predicted molar refractivity (Wildman–Crippen MR) is 138 cm³/mol. The van der Waals surface area contributed by atoms with Crippen LogP contribution in [0, 0.1) is 0 Å². The van der Waals surface area contributed by atoms with E-state index in [0.717, 1.165) is 30.9 Å². The van der Waals surface area contributed by atoms with Crippen LogP contribution < -0.4 is 15.1 Å². The molecule has 2 aliphatic heterocycles. The number of amides is 1. The minimum Gasteiger partial charge on any atom is -0.378 e. The first-order valence-corrected chi connectivity index (χ1v) is 12.2. The number of carbonyl (C=O) groups excluding carboxylic acids is 1. The zero-order valence-corrected chi connectivity index (χ0v) is 19.6. The Morgan fingerprint density at radius 1 is 0.879 bits per heavy atom. The van der Waals surface area contributed by atoms with Crippen LogP contribution in [0.4, 0.5) is 17.1 Å². The van der Waals surface area contributed by atoms with E-state index in [9.17, 15) is 4.79 Å². The van der Waals surface area contributed by atoms with Gasteiger partial charge in [-0.3, -0.25) is 4.79 Å². The average Bonchev–Trinajstić information content (AvgIpc) is 2.85. The van der Waals surface area contributed by atoms with Crippen LogP contribution >= 0.6 is 0 Å². The molecule has 1 N–H and O–H groups in total. The third-order valence-electron chi connectivity index (χ3n) is 7.03. The summed E-state index contributed by atoms with van der Waals surface area (Å²) < 4.78 is 0. The predicted octanol–water partition coefficient (Wildman–Crippen LogP) is 6.64. The van der Waals surface area contributed by atoms with Gasteiger partial charge < -0.3 is 15.1 Å². The summed E-state index contributed by atoms with van der Waals surface area (Å²) in [6, 6.07) is 26.2. The van der Waals surface area contributed by atoms with E-state index in [2.05, 4.69) is 83.9 Å². The van der Waals surface area contributed by atoms with Crippen LogP contribution in [0.3, 0.4) is 0 Å². The van der Waals surface area contributed by atoms with E-state index in [1.807, 2.05) is 11.0 Å². The molecule has 1 amide bonds. The quantitative estimate of drug-likeness (QED) is 0.495. The van der Waals surface area contributed by atoms with E-state index >= 15 is 0 Å². The van der Waals surface area contributed by atoms with E-state index in [1.165, 1.54) is 41.6 Å². The Bertz CT molecular complexity index is 1120. The van der Waals surface area contributed by atoms with Gasteiger partial charge in [0.05, 0.1) is 6.04 Å². The molecule has 1 fully saturated rings. The average molecular weight is 440 g/mol. The number of carbonyl (C=O) groups is 1. The number of para-hydroxylation sites is 1. The molecule has 3 aromatic carbocycles. The fourth-order valence-corrected chi connectivity index (χ4v) is 5.43. The summed E-state index contributed by atoms with van der Waals surface area (Å²) in [5.74, 6) is 0.0988. The van der Waals surface area contributed by atoms with Crippen molar-refractivity contribution in [3.8, 4) is 11.1 Å². The van der Waals surface area contributed by atoms with Gasteiger partial charge in [-0.1, -0.05) is 36.4 Å². The fourth-order valence-electron chi connectivity index (χ4n) is 5.43. The lowest BCUT2D eigenvalue weighted by molar-refractivity contribution is -0.117. The Kier molecular flexibility index (Phi) is 6.08. The number of hydrogen-bond acceptors (Lipinski definition) is 3. The standard InChI is InChI=1S/C29H33N3O/c1-21-18-28(30-25-11-5-3-6-12-25)27-20-24(14-15-29(27)32(21)22(2)33)23-10-9-13-26(19-23)31-16-7-4-8-17-31/h3,5-6,9-15,19-21,28,30H,4,7-8,16-18H2,1-2H3/t21-,28+/m1/s1. The van der Waals surface area contributed by atoms with E-state index in [0.29, 0.717) is 0 Å². The smallest absolute Gasteiger partial charge is 0.224 e. The molecule has 0 aromatic heterocycles. The highest BCUT2D eigenvalue weighted by Gasteiger charge is 2.32. The second kappa shape index (κ2) is 9.30. The summed E-state index contributed by atoms with van der Waals surface area (Å²) in [4.78, 5) is 17.0. The molecule has 0 aliphatic carbocycles. The van der Waals surface area contributed by atoms with Crippen molar-refractivity contribution >= 4 is 23.0 Å². The van der Waals surface area contributed by atoms with Crippen molar-refractivity contribution in [2.45, 2.75) is 51.6 Å². The van der Waals surface area contributed by atoms with Gasteiger partial charge in [-0.05, 0) is 85.7 Å². The molecule has 4 heteroatoms. The monoisotopic (exact) mass is 439 g/mol. The minimum atomic E-state index is 0.0988. The molecule has 4 nitrogen and oxygen atoms in total. The minimum absolute atomic E-state index is 0.0988. The maximum absolute atomic E-state index is 12.5. The fraction of sp³-hybridized carbons (Fsp3) is 0.345. The lowest BCUT2D eigenvalue weighted by Crippen LogP contribution is -2.43. The summed E-state index contributed by atoms with van der Waals surface area (Å²) in [6.07, 6.45) is 4.75. The maximum atomic E-state index is 12.5. The number of hydrogen-bond donors (Lipinski definition) is 1. The van der Waals surface area contributed by atoms with Gasteiger partial charge in [-0.2, -0.15) is 0 Å². The van der Waals surface area contributed by atoms with Gasteiger partial charge in [-0.25, -0.2) is 0 Å². The molecule has 0 bridgehead atoms. The number of piperidine rings is 1. The number of fused-ring (bicyclic) bond motifs is 1. The molecule has 0 saturated carbocycles. The van der Waals surface area contributed by atoms with Gasteiger partial charge in [0.25, 0.3) is 0 Å². The molecule has 2 heterocycles. The van der Waals surface area contributed by atoms with Crippen LogP contribution in [0.5, 0.6) is 0 Å². The van der Waals surface area contributed by atoms with Gasteiger partial charge in [0.2, 0.25) is 5.91 Å². The van der Waals surface area contributed by atoms with Crippen LogP contribution in [0.15, 0.2) is 72.8 Å². The zero-order valence-electron chi connectivity index (χ0n) is 19.6. The normalized spacial score (nSPS) is 20.3. The van der Waals surface area contributed by atoms with Gasteiger partial charge in [0, 0.05) is 43.1 Å². The molecule has 5 rings (SSSR count). The van der Waals surface area contributed by atoms with Gasteiger partial charge >= 0.3 is 0 Å². The first kappa shape index (κ1) is 21.6. The summed E-state index contributed by atoms with van der Waals surface area (Å²) in [6.45, 7) is 6.09.